The SMILES string of the molecule is CC(CC(=O)NC1C(=O)N2C(C(=O)O)=C(C(=O)Sc3cccnn3)CS[C@@H]12)S(=O)c1cccs1. The molecule has 4 rings (SSSR count). The van der Waals surface area contributed by atoms with Crippen molar-refractivity contribution in [3.63, 3.8) is 0 Å². The van der Waals surface area contributed by atoms with Gasteiger partial charge in [-0.05, 0) is 42.3 Å². The van der Waals surface area contributed by atoms with E-state index >= 15 is 0 Å². The van der Waals surface area contributed by atoms with Crippen molar-refractivity contribution in [3.8, 4) is 0 Å². The first-order valence-corrected chi connectivity index (χ1v) is 13.9. The third-order valence-electron chi connectivity index (χ3n) is 5.01. The summed E-state index contributed by atoms with van der Waals surface area (Å²) in [5.41, 5.74) is -0.393. The molecular weight excluding hydrogens is 521 g/mol. The van der Waals surface area contributed by atoms with Gasteiger partial charge in [0.25, 0.3) is 5.91 Å². The summed E-state index contributed by atoms with van der Waals surface area (Å²) >= 11 is 3.28. The fraction of sp³-hybridized carbons (Fsp3) is 0.300. The number of amides is 2. The number of fused-ring (bicyclic) bond motifs is 1. The van der Waals surface area contributed by atoms with E-state index in [-0.39, 0.29) is 23.4 Å². The highest BCUT2D eigenvalue weighted by atomic mass is 32.2. The van der Waals surface area contributed by atoms with Crippen LogP contribution in [0.25, 0.3) is 0 Å². The molecule has 1 fully saturated rings. The van der Waals surface area contributed by atoms with Crippen molar-refractivity contribution >= 4 is 68.6 Å². The normalized spacial score (nSPS) is 21.3. The Kier molecular flexibility index (Phi) is 7.50. The Hall–Kier alpha value is -2.55. The average Bonchev–Trinajstić information content (AvgIpc) is 3.36. The fourth-order valence-electron chi connectivity index (χ4n) is 3.42. The molecule has 0 bridgehead atoms. The maximum Gasteiger partial charge on any atom is 0.353 e. The van der Waals surface area contributed by atoms with E-state index in [0.717, 1.165) is 16.7 Å². The smallest absolute Gasteiger partial charge is 0.353 e. The van der Waals surface area contributed by atoms with Crippen LogP contribution < -0.4 is 5.32 Å². The Morgan fingerprint density at radius 2 is 2.15 bits per heavy atom. The van der Waals surface area contributed by atoms with Gasteiger partial charge in [-0.15, -0.1) is 28.2 Å². The molecule has 4 heterocycles. The number of carboxylic acid groups (broad SMARTS) is 1. The number of β-lactam (4-membered cyclic amide) rings is 1. The molecule has 0 spiro atoms. The molecule has 2 aliphatic rings. The van der Waals surface area contributed by atoms with E-state index in [1.807, 2.05) is 0 Å². The minimum Gasteiger partial charge on any atom is -0.477 e. The molecule has 0 aliphatic carbocycles. The molecule has 2 aromatic heterocycles. The van der Waals surface area contributed by atoms with Gasteiger partial charge in [0.05, 0.1) is 15.0 Å². The first kappa shape index (κ1) is 24.6. The highest BCUT2D eigenvalue weighted by Crippen LogP contribution is 2.42. The topological polar surface area (TPSA) is 147 Å². The van der Waals surface area contributed by atoms with Gasteiger partial charge < -0.3 is 10.4 Å². The molecule has 178 valence electrons. The van der Waals surface area contributed by atoms with Crippen LogP contribution in [0.5, 0.6) is 0 Å². The first-order chi connectivity index (χ1) is 16.3. The zero-order valence-corrected chi connectivity index (χ0v) is 20.8. The summed E-state index contributed by atoms with van der Waals surface area (Å²) in [7, 11) is -1.35. The Morgan fingerprint density at radius 3 is 2.79 bits per heavy atom. The second-order valence-corrected chi connectivity index (χ2v) is 12.4. The number of nitrogens with zero attached hydrogens (tertiary/aromatic N) is 3. The third-order valence-corrected chi connectivity index (χ3v) is 10.0. The summed E-state index contributed by atoms with van der Waals surface area (Å²) in [6, 6.07) is 5.78. The van der Waals surface area contributed by atoms with Gasteiger partial charge in [0.2, 0.25) is 11.0 Å². The lowest BCUT2D eigenvalue weighted by Crippen LogP contribution is -2.70. The van der Waals surface area contributed by atoms with Gasteiger partial charge in [-0.2, -0.15) is 5.10 Å². The molecule has 10 nitrogen and oxygen atoms in total. The highest BCUT2D eigenvalue weighted by molar-refractivity contribution is 8.14. The van der Waals surface area contributed by atoms with Gasteiger partial charge >= 0.3 is 5.97 Å². The van der Waals surface area contributed by atoms with Gasteiger partial charge in [0.1, 0.15) is 22.1 Å². The zero-order valence-electron chi connectivity index (χ0n) is 17.6. The van der Waals surface area contributed by atoms with Crippen LogP contribution in [0.2, 0.25) is 0 Å². The Balaban J connectivity index is 1.43. The molecule has 1 saturated heterocycles. The number of thiophene rings is 1. The second-order valence-electron chi connectivity index (χ2n) is 7.28. The number of nitrogens with one attached hydrogen (secondary N) is 1. The largest absolute Gasteiger partial charge is 0.477 e. The lowest BCUT2D eigenvalue weighted by Gasteiger charge is -2.49. The van der Waals surface area contributed by atoms with E-state index in [4.69, 9.17) is 0 Å². The van der Waals surface area contributed by atoms with Crippen LogP contribution in [0.4, 0.5) is 0 Å². The van der Waals surface area contributed by atoms with E-state index in [1.165, 1.54) is 29.3 Å². The summed E-state index contributed by atoms with van der Waals surface area (Å²) < 4.78 is 13.2. The number of aromatic nitrogens is 2. The molecule has 2 N–H and O–H groups in total. The van der Waals surface area contributed by atoms with Crippen LogP contribution in [-0.2, 0) is 30.0 Å². The number of carbonyl (C=O) groups is 4. The van der Waals surface area contributed by atoms with Gasteiger partial charge in [0.15, 0.2) is 0 Å². The third kappa shape index (κ3) is 4.94. The van der Waals surface area contributed by atoms with E-state index < -0.39 is 50.4 Å². The zero-order chi connectivity index (χ0) is 24.4. The number of aliphatic carboxylic acids is 1. The molecule has 14 heteroatoms. The summed E-state index contributed by atoms with van der Waals surface area (Å²) in [5.74, 6) is -2.39. The maximum atomic E-state index is 12.8. The average molecular weight is 539 g/mol. The predicted molar refractivity (Wildman–Crippen MR) is 127 cm³/mol. The van der Waals surface area contributed by atoms with Gasteiger partial charge in [-0.1, -0.05) is 6.07 Å². The van der Waals surface area contributed by atoms with Crippen molar-refractivity contribution in [2.75, 3.05) is 5.75 Å². The van der Waals surface area contributed by atoms with Crippen LogP contribution in [0.15, 0.2) is 56.3 Å². The lowest BCUT2D eigenvalue weighted by molar-refractivity contribution is -0.150. The summed E-state index contributed by atoms with van der Waals surface area (Å²) in [6.07, 6.45) is 1.40. The molecular formula is C20H18N4O6S4. The van der Waals surface area contributed by atoms with Gasteiger partial charge in [-0.3, -0.25) is 23.5 Å². The quantitative estimate of drug-likeness (QED) is 0.374. The molecule has 0 radical (unpaired) electrons. The number of hydrogen-bond donors (Lipinski definition) is 2. The van der Waals surface area contributed by atoms with Crippen molar-refractivity contribution in [2.45, 2.75) is 39.2 Å². The van der Waals surface area contributed by atoms with E-state index in [9.17, 15) is 28.5 Å². The van der Waals surface area contributed by atoms with Crippen LogP contribution >= 0.6 is 34.9 Å². The predicted octanol–water partition coefficient (Wildman–Crippen LogP) is 1.48. The number of carboxylic acids is 1. The van der Waals surface area contributed by atoms with Crippen molar-refractivity contribution < 1.29 is 28.5 Å². The van der Waals surface area contributed by atoms with Gasteiger partial charge in [0, 0.05) is 29.2 Å². The molecule has 0 saturated carbocycles. The molecule has 2 amide bonds. The summed E-state index contributed by atoms with van der Waals surface area (Å²) in [5, 5.41) is 20.3. The van der Waals surface area contributed by atoms with Crippen molar-refractivity contribution in [3.05, 3.63) is 47.1 Å². The van der Waals surface area contributed by atoms with Crippen LogP contribution in [0, 0.1) is 0 Å². The summed E-state index contributed by atoms with van der Waals surface area (Å²) in [4.78, 5) is 51.0. The minimum absolute atomic E-state index is 0.0116. The van der Waals surface area contributed by atoms with Crippen LogP contribution in [0.3, 0.4) is 0 Å². The summed E-state index contributed by atoms with van der Waals surface area (Å²) in [6.45, 7) is 1.69. The van der Waals surface area contributed by atoms with E-state index in [0.29, 0.717) is 9.24 Å². The van der Waals surface area contributed by atoms with Crippen LogP contribution in [-0.4, -0.2) is 69.7 Å². The number of carbonyl (C=O) groups excluding carboxylic acids is 3. The van der Waals surface area contributed by atoms with Crippen molar-refractivity contribution in [1.82, 2.24) is 20.4 Å². The number of hydrogen-bond acceptors (Lipinski definition) is 10. The van der Waals surface area contributed by atoms with Crippen molar-refractivity contribution in [2.24, 2.45) is 0 Å². The molecule has 34 heavy (non-hydrogen) atoms. The van der Waals surface area contributed by atoms with Gasteiger partial charge in [-0.25, -0.2) is 4.79 Å². The Morgan fingerprint density at radius 1 is 1.35 bits per heavy atom. The Bertz CT molecular complexity index is 1190. The highest BCUT2D eigenvalue weighted by Gasteiger charge is 2.55. The molecule has 3 unspecified atom stereocenters. The minimum atomic E-state index is -1.40. The van der Waals surface area contributed by atoms with E-state index in [1.54, 1.807) is 36.6 Å². The van der Waals surface area contributed by atoms with Crippen LogP contribution in [0.1, 0.15) is 13.3 Å². The fourth-order valence-corrected chi connectivity index (χ4v) is 7.97. The number of thioether (sulfide) groups is 2. The molecule has 4 atom stereocenters. The lowest BCUT2D eigenvalue weighted by atomic mass is 10.0. The Labute approximate surface area is 209 Å². The molecule has 2 aliphatic heterocycles. The number of rotatable bonds is 8. The van der Waals surface area contributed by atoms with Crippen molar-refractivity contribution in [1.29, 1.82) is 0 Å². The monoisotopic (exact) mass is 538 g/mol. The first-order valence-electron chi connectivity index (χ1n) is 9.92. The molecule has 2 aromatic rings. The molecule has 0 aromatic carbocycles. The second kappa shape index (κ2) is 10.4. The van der Waals surface area contributed by atoms with E-state index in [2.05, 4.69) is 15.5 Å². The maximum absolute atomic E-state index is 12.8. The standard InChI is InChI=1S/C20H18N4O6S4/c1-10(34(30)14-5-3-7-31-14)8-12(25)22-15-17(26)24-16(19(27)28)11(9-32-18(15)24)20(29)33-13-4-2-6-21-23-13/h2-7,10,15,18H,8-9H2,1H3,(H,22,25)(H,27,28)/t10?,15?,18-,34?/m0/s1.